The van der Waals surface area contributed by atoms with Gasteiger partial charge in [-0.1, -0.05) is 13.8 Å². The third kappa shape index (κ3) is 4.86. The van der Waals surface area contributed by atoms with Gasteiger partial charge in [0, 0.05) is 32.8 Å². The van der Waals surface area contributed by atoms with Crippen molar-refractivity contribution in [2.45, 2.75) is 59.1 Å². The van der Waals surface area contributed by atoms with E-state index >= 15 is 0 Å². The number of carbonyl (C=O) groups excluding carboxylic acids is 1. The van der Waals surface area contributed by atoms with Crippen molar-refractivity contribution < 1.29 is 9.53 Å². The van der Waals surface area contributed by atoms with Crippen LogP contribution in [0.2, 0.25) is 0 Å². The Balaban J connectivity index is 1.69. The van der Waals surface area contributed by atoms with Crippen molar-refractivity contribution >= 4 is 5.91 Å². The van der Waals surface area contributed by atoms with Gasteiger partial charge in [-0.05, 0) is 57.7 Å². The number of aromatic nitrogens is 2. The highest BCUT2D eigenvalue weighted by molar-refractivity contribution is 5.92. The first-order valence-electron chi connectivity index (χ1n) is 10.3. The minimum Gasteiger partial charge on any atom is -0.375 e. The Labute approximate surface area is 157 Å². The predicted octanol–water partition coefficient (Wildman–Crippen LogP) is 2.43. The van der Waals surface area contributed by atoms with E-state index in [4.69, 9.17) is 4.74 Å². The second-order valence-corrected chi connectivity index (χ2v) is 8.04. The van der Waals surface area contributed by atoms with Gasteiger partial charge in [-0.2, -0.15) is 5.10 Å². The second-order valence-electron chi connectivity index (χ2n) is 8.04. The van der Waals surface area contributed by atoms with E-state index in [0.29, 0.717) is 12.5 Å². The molecule has 0 aliphatic carbocycles. The summed E-state index contributed by atoms with van der Waals surface area (Å²) in [5.74, 6) is 0.640. The van der Waals surface area contributed by atoms with E-state index in [2.05, 4.69) is 23.8 Å². The predicted molar refractivity (Wildman–Crippen MR) is 102 cm³/mol. The molecule has 26 heavy (non-hydrogen) atoms. The normalized spacial score (nSPS) is 22.2. The maximum absolute atomic E-state index is 13.2. The van der Waals surface area contributed by atoms with Crippen molar-refractivity contribution in [3.63, 3.8) is 0 Å². The summed E-state index contributed by atoms with van der Waals surface area (Å²) in [5, 5.41) is 4.64. The molecule has 1 aromatic heterocycles. The van der Waals surface area contributed by atoms with Crippen LogP contribution in [-0.4, -0.2) is 70.9 Å². The molecule has 2 fully saturated rings. The molecule has 2 aliphatic heterocycles. The monoisotopic (exact) mass is 362 g/mol. The third-order valence-electron chi connectivity index (χ3n) is 5.26. The number of ether oxygens (including phenoxy) is 1. The van der Waals surface area contributed by atoms with E-state index in [0.717, 1.165) is 63.6 Å². The Morgan fingerprint density at radius 3 is 2.73 bits per heavy atom. The third-order valence-corrected chi connectivity index (χ3v) is 5.26. The SMILES string of the molecule is CCn1nc(CC(C)C)cc1C(=O)N1CCCO[C@@H](CN2CCCC2)C1. The molecule has 3 heterocycles. The standard InChI is InChI=1S/C20H34N4O2/c1-4-24-19(13-17(21-24)12-16(2)3)20(25)23-10-7-11-26-18(15-23)14-22-8-5-6-9-22/h13,16,18H,4-12,14-15H2,1-3H3/t18-/m0/s1. The molecule has 6 nitrogen and oxygen atoms in total. The van der Waals surface area contributed by atoms with Crippen LogP contribution < -0.4 is 0 Å². The van der Waals surface area contributed by atoms with Crippen molar-refractivity contribution in [1.29, 1.82) is 0 Å². The molecule has 0 aromatic carbocycles. The largest absolute Gasteiger partial charge is 0.375 e. The number of likely N-dealkylation sites (tertiary alicyclic amines) is 1. The van der Waals surface area contributed by atoms with Crippen LogP contribution in [-0.2, 0) is 17.7 Å². The minimum absolute atomic E-state index is 0.103. The van der Waals surface area contributed by atoms with Gasteiger partial charge < -0.3 is 14.5 Å². The molecule has 1 atom stereocenters. The lowest BCUT2D eigenvalue weighted by Crippen LogP contribution is -2.42. The van der Waals surface area contributed by atoms with Crippen LogP contribution >= 0.6 is 0 Å². The molecule has 1 aromatic rings. The number of nitrogens with zero attached hydrogens (tertiary/aromatic N) is 4. The van der Waals surface area contributed by atoms with Gasteiger partial charge in [0.25, 0.3) is 5.91 Å². The van der Waals surface area contributed by atoms with E-state index < -0.39 is 0 Å². The van der Waals surface area contributed by atoms with E-state index in [9.17, 15) is 4.79 Å². The van der Waals surface area contributed by atoms with Crippen LogP contribution in [0.5, 0.6) is 0 Å². The van der Waals surface area contributed by atoms with Crippen LogP contribution in [0.15, 0.2) is 6.07 Å². The molecule has 0 radical (unpaired) electrons. The van der Waals surface area contributed by atoms with E-state index in [1.807, 2.05) is 22.6 Å². The number of rotatable bonds is 6. The Bertz CT molecular complexity index is 593. The number of hydrogen-bond acceptors (Lipinski definition) is 4. The Morgan fingerprint density at radius 1 is 1.27 bits per heavy atom. The molecule has 2 aliphatic rings. The zero-order valence-corrected chi connectivity index (χ0v) is 16.6. The maximum atomic E-state index is 13.2. The molecule has 2 saturated heterocycles. The summed E-state index contributed by atoms with van der Waals surface area (Å²) >= 11 is 0. The fraction of sp³-hybridized carbons (Fsp3) is 0.800. The quantitative estimate of drug-likeness (QED) is 0.780. The van der Waals surface area contributed by atoms with E-state index in [1.54, 1.807) is 0 Å². The summed E-state index contributed by atoms with van der Waals surface area (Å²) in [4.78, 5) is 17.7. The van der Waals surface area contributed by atoms with E-state index in [1.165, 1.54) is 12.8 Å². The first kappa shape index (κ1) is 19.4. The van der Waals surface area contributed by atoms with E-state index in [-0.39, 0.29) is 12.0 Å². The highest BCUT2D eigenvalue weighted by atomic mass is 16.5. The highest BCUT2D eigenvalue weighted by Gasteiger charge is 2.28. The molecular weight excluding hydrogens is 328 g/mol. The second kappa shape index (κ2) is 9.00. The lowest BCUT2D eigenvalue weighted by molar-refractivity contribution is 0.0295. The zero-order valence-electron chi connectivity index (χ0n) is 16.6. The highest BCUT2D eigenvalue weighted by Crippen LogP contribution is 2.16. The number of aryl methyl sites for hydroxylation is 1. The maximum Gasteiger partial charge on any atom is 0.272 e. The molecule has 146 valence electrons. The fourth-order valence-electron chi connectivity index (χ4n) is 4.01. The Morgan fingerprint density at radius 2 is 2.04 bits per heavy atom. The van der Waals surface area contributed by atoms with Gasteiger partial charge >= 0.3 is 0 Å². The lowest BCUT2D eigenvalue weighted by Gasteiger charge is -2.27. The van der Waals surface area contributed by atoms with Gasteiger partial charge in [0.15, 0.2) is 0 Å². The first-order chi connectivity index (χ1) is 12.6. The smallest absolute Gasteiger partial charge is 0.272 e. The lowest BCUT2D eigenvalue weighted by atomic mass is 10.1. The summed E-state index contributed by atoms with van der Waals surface area (Å²) in [7, 11) is 0. The molecule has 0 saturated carbocycles. The molecule has 0 bridgehead atoms. The number of hydrogen-bond donors (Lipinski definition) is 0. The van der Waals surface area contributed by atoms with Crippen LogP contribution in [0, 0.1) is 5.92 Å². The van der Waals surface area contributed by atoms with Crippen molar-refractivity contribution in [3.8, 4) is 0 Å². The van der Waals surface area contributed by atoms with Crippen LogP contribution in [0.1, 0.15) is 56.2 Å². The Kier molecular flexibility index (Phi) is 6.70. The molecule has 0 N–H and O–H groups in total. The molecule has 3 rings (SSSR count). The zero-order chi connectivity index (χ0) is 18.5. The molecule has 6 heteroatoms. The van der Waals surface area contributed by atoms with Crippen LogP contribution in [0.25, 0.3) is 0 Å². The molecule has 1 amide bonds. The average molecular weight is 363 g/mol. The van der Waals surface area contributed by atoms with Gasteiger partial charge in [-0.15, -0.1) is 0 Å². The van der Waals surface area contributed by atoms with Crippen LogP contribution in [0.3, 0.4) is 0 Å². The van der Waals surface area contributed by atoms with Crippen molar-refractivity contribution in [3.05, 3.63) is 17.5 Å². The average Bonchev–Trinajstić information content (AvgIpc) is 3.19. The topological polar surface area (TPSA) is 50.6 Å². The van der Waals surface area contributed by atoms with Gasteiger partial charge in [-0.3, -0.25) is 9.48 Å². The van der Waals surface area contributed by atoms with Crippen molar-refractivity contribution in [2.75, 3.05) is 39.3 Å². The summed E-state index contributed by atoms with van der Waals surface area (Å²) in [6.07, 6.45) is 4.50. The van der Waals surface area contributed by atoms with Crippen molar-refractivity contribution in [1.82, 2.24) is 19.6 Å². The fourth-order valence-corrected chi connectivity index (χ4v) is 4.01. The van der Waals surface area contributed by atoms with Gasteiger partial charge in [0.1, 0.15) is 5.69 Å². The van der Waals surface area contributed by atoms with Gasteiger partial charge in [0.05, 0.1) is 11.8 Å². The van der Waals surface area contributed by atoms with Crippen molar-refractivity contribution in [2.24, 2.45) is 5.92 Å². The van der Waals surface area contributed by atoms with Crippen LogP contribution in [0.4, 0.5) is 0 Å². The summed E-state index contributed by atoms with van der Waals surface area (Å²) in [6.45, 7) is 12.6. The minimum atomic E-state index is 0.103. The Hall–Kier alpha value is -1.40. The summed E-state index contributed by atoms with van der Waals surface area (Å²) in [5.41, 5.74) is 1.75. The summed E-state index contributed by atoms with van der Waals surface area (Å²) in [6, 6.07) is 1.99. The summed E-state index contributed by atoms with van der Waals surface area (Å²) < 4.78 is 7.90. The molecule has 0 spiro atoms. The van der Waals surface area contributed by atoms with Gasteiger partial charge in [-0.25, -0.2) is 0 Å². The number of amides is 1. The molecular formula is C20H34N4O2. The first-order valence-corrected chi connectivity index (χ1v) is 10.3. The van der Waals surface area contributed by atoms with Gasteiger partial charge in [0.2, 0.25) is 0 Å². The number of carbonyl (C=O) groups is 1. The molecule has 0 unspecified atom stereocenters.